The molecule has 0 saturated heterocycles. The molecule has 0 saturated carbocycles. The average Bonchev–Trinajstić information content (AvgIpc) is 2.59. The van der Waals surface area contributed by atoms with Gasteiger partial charge in [0.1, 0.15) is 0 Å². The quantitative estimate of drug-likeness (QED) is 0.491. The minimum absolute atomic E-state index is 0.0635. The predicted octanol–water partition coefficient (Wildman–Crippen LogP) is 7.47. The molecule has 28 heavy (non-hydrogen) atoms. The van der Waals surface area contributed by atoms with Crippen molar-refractivity contribution in [2.45, 2.75) is 82.4 Å². The fourth-order valence-corrected chi connectivity index (χ4v) is 4.39. The summed E-state index contributed by atoms with van der Waals surface area (Å²) in [7, 11) is -0.661. The molecule has 0 radical (unpaired) electrons. The monoisotopic (exact) mass is 399 g/mol. The van der Waals surface area contributed by atoms with Crippen LogP contribution in [-0.4, -0.2) is 23.8 Å². The highest BCUT2D eigenvalue weighted by Crippen LogP contribution is 2.45. The van der Waals surface area contributed by atoms with Gasteiger partial charge in [-0.1, -0.05) is 66.7 Å². The molecule has 1 nitrogen and oxygen atoms in total. The van der Waals surface area contributed by atoms with Gasteiger partial charge in [0.15, 0.2) is 0 Å². The molecule has 0 atom stereocenters. The van der Waals surface area contributed by atoms with Crippen molar-refractivity contribution in [1.29, 1.82) is 0 Å². The van der Waals surface area contributed by atoms with E-state index in [-0.39, 0.29) is 16.2 Å². The lowest BCUT2D eigenvalue weighted by atomic mass is 9.74. The molecule has 1 heterocycles. The number of nitrogens with zero attached hydrogens (tertiary/aromatic N) is 1. The Morgan fingerprint density at radius 2 is 1.18 bits per heavy atom. The Labute approximate surface area is 175 Å². The summed E-state index contributed by atoms with van der Waals surface area (Å²) >= 11 is 0. The van der Waals surface area contributed by atoms with Gasteiger partial charge < -0.3 is 0 Å². The van der Waals surface area contributed by atoms with E-state index in [1.807, 2.05) is 0 Å². The fraction of sp³-hybridized carbons (Fsp3) is 0.577. The van der Waals surface area contributed by atoms with Crippen LogP contribution in [0.4, 0.5) is 0 Å². The molecule has 156 valence electrons. The van der Waals surface area contributed by atoms with Gasteiger partial charge in [-0.25, -0.2) is 10.0 Å². The number of hydrogen-bond acceptors (Lipinski definition) is 1. The Bertz CT molecular complexity index is 786. The molecule has 0 unspecified atom stereocenters. The first-order valence-corrected chi connectivity index (χ1v) is 13.3. The van der Waals surface area contributed by atoms with E-state index < -0.39 is 10.0 Å². The van der Waals surface area contributed by atoms with Crippen molar-refractivity contribution in [3.8, 4) is 0 Å². The third-order valence-corrected chi connectivity index (χ3v) is 7.62. The third-order valence-electron chi connectivity index (χ3n) is 5.93. The SMILES string of the molecule is CC(C)(C)c1cccc(C(C)(C)CCC(C)(C)c2ccc(S(C)(C)C)cc2)n1. The average molecular weight is 400 g/mol. The molecule has 1 aromatic heterocycles. The van der Waals surface area contributed by atoms with Crippen molar-refractivity contribution in [3.05, 3.63) is 59.4 Å². The predicted molar refractivity (Wildman–Crippen MR) is 128 cm³/mol. The van der Waals surface area contributed by atoms with Gasteiger partial charge in [-0.3, -0.25) is 4.98 Å². The minimum atomic E-state index is -0.661. The van der Waals surface area contributed by atoms with E-state index in [0.717, 1.165) is 12.8 Å². The van der Waals surface area contributed by atoms with E-state index in [0.29, 0.717) is 0 Å². The Morgan fingerprint density at radius 3 is 1.68 bits per heavy atom. The van der Waals surface area contributed by atoms with Gasteiger partial charge in [-0.15, -0.1) is 0 Å². The molecule has 0 aliphatic rings. The van der Waals surface area contributed by atoms with Gasteiger partial charge in [0.05, 0.1) is 0 Å². The Balaban J connectivity index is 2.17. The standard InChI is InChI=1S/C26H41NS/c1-24(2,3)22-12-11-13-23(27-22)26(6,7)19-18-25(4,5)20-14-16-21(17-15-20)28(8,9)10/h11-17H,18-19H2,1-10H3. The number of hydrogen-bond donors (Lipinski definition) is 0. The van der Waals surface area contributed by atoms with Crippen molar-refractivity contribution in [2.75, 3.05) is 18.8 Å². The number of benzene rings is 1. The van der Waals surface area contributed by atoms with E-state index in [9.17, 15) is 0 Å². The lowest BCUT2D eigenvalue weighted by Crippen LogP contribution is -2.26. The molecule has 0 amide bonds. The van der Waals surface area contributed by atoms with Crippen LogP contribution >= 0.6 is 10.0 Å². The van der Waals surface area contributed by atoms with Gasteiger partial charge in [-0.2, -0.15) is 0 Å². The lowest BCUT2D eigenvalue weighted by Gasteiger charge is -2.33. The summed E-state index contributed by atoms with van der Waals surface area (Å²) in [6.45, 7) is 16.1. The van der Waals surface area contributed by atoms with Crippen LogP contribution in [0, 0.1) is 0 Å². The van der Waals surface area contributed by atoms with Crippen LogP contribution in [0.25, 0.3) is 0 Å². The van der Waals surface area contributed by atoms with Crippen molar-refractivity contribution in [1.82, 2.24) is 4.98 Å². The number of pyridine rings is 1. The summed E-state index contributed by atoms with van der Waals surface area (Å²) in [6.07, 6.45) is 9.33. The molecule has 0 spiro atoms. The van der Waals surface area contributed by atoms with Crippen LogP contribution < -0.4 is 0 Å². The maximum atomic E-state index is 5.03. The Morgan fingerprint density at radius 1 is 0.679 bits per heavy atom. The first-order chi connectivity index (χ1) is 12.6. The van der Waals surface area contributed by atoms with E-state index in [2.05, 4.69) is 110 Å². The zero-order chi connectivity index (χ0) is 21.4. The lowest BCUT2D eigenvalue weighted by molar-refractivity contribution is 0.367. The van der Waals surface area contributed by atoms with Crippen LogP contribution in [0.5, 0.6) is 0 Å². The van der Waals surface area contributed by atoms with Gasteiger partial charge in [0, 0.05) is 22.2 Å². The molecule has 0 N–H and O–H groups in total. The second-order valence-corrected chi connectivity index (χ2v) is 15.4. The number of rotatable bonds is 6. The van der Waals surface area contributed by atoms with E-state index >= 15 is 0 Å². The van der Waals surface area contributed by atoms with E-state index in [4.69, 9.17) is 4.98 Å². The summed E-state index contributed by atoms with van der Waals surface area (Å²) in [6, 6.07) is 15.9. The summed E-state index contributed by atoms with van der Waals surface area (Å²) in [5, 5.41) is 0. The maximum Gasteiger partial charge on any atom is 0.0463 e. The molecule has 2 rings (SSSR count). The molecular formula is C26H41NS. The normalized spacial score (nSPS) is 14.2. The molecule has 2 aromatic rings. The highest BCUT2D eigenvalue weighted by Gasteiger charge is 2.29. The Hall–Kier alpha value is -1.28. The summed E-state index contributed by atoms with van der Waals surface area (Å²) in [5.74, 6) is 0. The van der Waals surface area contributed by atoms with Gasteiger partial charge in [0.2, 0.25) is 0 Å². The Kier molecular flexibility index (Phi) is 6.46. The first-order valence-electron chi connectivity index (χ1n) is 10.4. The molecular weight excluding hydrogens is 358 g/mol. The molecule has 0 aliphatic carbocycles. The van der Waals surface area contributed by atoms with Crippen LogP contribution in [0.3, 0.4) is 0 Å². The topological polar surface area (TPSA) is 12.9 Å². The second kappa shape index (κ2) is 7.86. The maximum absolute atomic E-state index is 5.03. The van der Waals surface area contributed by atoms with Crippen molar-refractivity contribution < 1.29 is 0 Å². The summed E-state index contributed by atoms with van der Waals surface area (Å²) in [4.78, 5) is 6.51. The third kappa shape index (κ3) is 5.63. The molecule has 0 aliphatic heterocycles. The minimum Gasteiger partial charge on any atom is -0.257 e. The smallest absolute Gasteiger partial charge is 0.0463 e. The van der Waals surface area contributed by atoms with E-state index in [1.165, 1.54) is 21.8 Å². The summed E-state index contributed by atoms with van der Waals surface area (Å²) in [5.41, 5.74) is 4.13. The van der Waals surface area contributed by atoms with Crippen LogP contribution in [0.15, 0.2) is 47.4 Å². The zero-order valence-electron chi connectivity index (χ0n) is 19.8. The van der Waals surface area contributed by atoms with Gasteiger partial charge in [0.25, 0.3) is 0 Å². The second-order valence-electron chi connectivity index (χ2n) is 11.3. The van der Waals surface area contributed by atoms with Gasteiger partial charge in [-0.05, 0) is 71.7 Å². The van der Waals surface area contributed by atoms with E-state index in [1.54, 1.807) is 0 Å². The highest BCUT2D eigenvalue weighted by atomic mass is 32.3. The molecule has 0 fully saturated rings. The zero-order valence-corrected chi connectivity index (χ0v) is 20.6. The van der Waals surface area contributed by atoms with Crippen molar-refractivity contribution in [3.63, 3.8) is 0 Å². The summed E-state index contributed by atoms with van der Waals surface area (Å²) < 4.78 is 0. The van der Waals surface area contributed by atoms with Crippen LogP contribution in [0.1, 0.15) is 78.3 Å². The fourth-order valence-electron chi connectivity index (χ4n) is 3.44. The molecule has 2 heteroatoms. The number of aromatic nitrogens is 1. The highest BCUT2D eigenvalue weighted by molar-refractivity contribution is 8.32. The van der Waals surface area contributed by atoms with Crippen molar-refractivity contribution >= 4 is 10.0 Å². The molecule has 0 bridgehead atoms. The first kappa shape index (κ1) is 23.0. The largest absolute Gasteiger partial charge is 0.257 e. The molecule has 1 aromatic carbocycles. The van der Waals surface area contributed by atoms with Gasteiger partial charge >= 0.3 is 0 Å². The van der Waals surface area contributed by atoms with Crippen molar-refractivity contribution in [2.24, 2.45) is 0 Å². The van der Waals surface area contributed by atoms with Crippen LogP contribution in [-0.2, 0) is 16.2 Å². The van der Waals surface area contributed by atoms with Crippen LogP contribution in [0.2, 0.25) is 0 Å².